The molecular formula is C19H34N4O5. The summed E-state index contributed by atoms with van der Waals surface area (Å²) >= 11 is 0. The summed E-state index contributed by atoms with van der Waals surface area (Å²) in [7, 11) is 0. The molecule has 0 aliphatic heterocycles. The Morgan fingerprint density at radius 1 is 1.25 bits per heavy atom. The molecule has 0 aromatic carbocycles. The van der Waals surface area contributed by atoms with Crippen LogP contribution in [0.1, 0.15) is 53.9 Å². The van der Waals surface area contributed by atoms with Crippen LogP contribution >= 0.6 is 0 Å². The van der Waals surface area contributed by atoms with Gasteiger partial charge in [0.1, 0.15) is 0 Å². The van der Waals surface area contributed by atoms with Gasteiger partial charge in [-0.05, 0) is 32.8 Å². The molecule has 4 N–H and O–H groups in total. The molecule has 3 unspecified atom stereocenters. The molecule has 1 aliphatic rings. The Balaban J connectivity index is 3.24. The Bertz CT molecular complexity index is 575. The molecule has 28 heavy (non-hydrogen) atoms. The molecule has 0 aromatic heterocycles. The van der Waals surface area contributed by atoms with Crippen molar-refractivity contribution in [2.75, 3.05) is 13.2 Å². The summed E-state index contributed by atoms with van der Waals surface area (Å²) in [5, 5.41) is 2.90. The van der Waals surface area contributed by atoms with Gasteiger partial charge in [0.05, 0.1) is 37.5 Å². The van der Waals surface area contributed by atoms with Crippen LogP contribution in [-0.2, 0) is 23.9 Å². The molecule has 160 valence electrons. The molecule has 0 heterocycles. The normalized spacial score (nSPS) is 22.6. The van der Waals surface area contributed by atoms with Crippen LogP contribution in [0.15, 0.2) is 16.6 Å². The van der Waals surface area contributed by atoms with Crippen LogP contribution in [0.5, 0.6) is 0 Å². The van der Waals surface area contributed by atoms with Crippen molar-refractivity contribution < 1.29 is 23.9 Å². The molecule has 1 rings (SSSR count). The van der Waals surface area contributed by atoms with E-state index in [9.17, 15) is 9.59 Å². The molecule has 0 saturated heterocycles. The number of nitrogens with zero attached hydrogens (tertiary/aromatic N) is 1. The molecule has 9 heteroatoms. The van der Waals surface area contributed by atoms with Crippen LogP contribution in [0.4, 0.5) is 0 Å². The largest absolute Gasteiger partial charge is 0.463 e. The Morgan fingerprint density at radius 3 is 2.46 bits per heavy atom. The molecule has 9 nitrogen and oxygen atoms in total. The fraction of sp³-hybridized carbons (Fsp3) is 0.737. The quantitative estimate of drug-likeness (QED) is 0.218. The van der Waals surface area contributed by atoms with Crippen LogP contribution in [0.3, 0.4) is 0 Å². The molecule has 0 bridgehead atoms. The van der Waals surface area contributed by atoms with E-state index in [-0.39, 0.29) is 31.0 Å². The minimum atomic E-state index is -0.532. The summed E-state index contributed by atoms with van der Waals surface area (Å²) < 4.78 is 11.3. The van der Waals surface area contributed by atoms with E-state index in [0.29, 0.717) is 12.2 Å². The van der Waals surface area contributed by atoms with Gasteiger partial charge in [0, 0.05) is 18.9 Å². The topological polar surface area (TPSA) is 124 Å². The Kier molecular flexibility index (Phi) is 10.5. The van der Waals surface area contributed by atoms with E-state index in [1.165, 1.54) is 6.92 Å². The second-order valence-electron chi connectivity index (χ2n) is 6.50. The zero-order valence-electron chi connectivity index (χ0n) is 17.5. The lowest BCUT2D eigenvalue weighted by Gasteiger charge is -2.36. The van der Waals surface area contributed by atoms with Crippen molar-refractivity contribution >= 4 is 17.8 Å². The van der Waals surface area contributed by atoms with Gasteiger partial charge in [-0.3, -0.25) is 9.63 Å². The highest BCUT2D eigenvalue weighted by Gasteiger charge is 2.38. The number of ether oxygens (including phenoxy) is 2. The first-order valence-corrected chi connectivity index (χ1v) is 9.87. The first-order valence-electron chi connectivity index (χ1n) is 9.87. The molecule has 1 amide bonds. The highest BCUT2D eigenvalue weighted by atomic mass is 16.6. The zero-order valence-corrected chi connectivity index (χ0v) is 17.5. The molecule has 0 fully saturated rings. The van der Waals surface area contributed by atoms with E-state index in [4.69, 9.17) is 20.0 Å². The molecule has 3 atom stereocenters. The van der Waals surface area contributed by atoms with Crippen molar-refractivity contribution in [3.05, 3.63) is 11.6 Å². The summed E-state index contributed by atoms with van der Waals surface area (Å²) in [6, 6.07) is -0.987. The number of carbonyl (C=O) groups excluding carboxylic acids is 2. The van der Waals surface area contributed by atoms with Crippen LogP contribution in [0.25, 0.3) is 0 Å². The Hall–Kier alpha value is -2.13. The lowest BCUT2D eigenvalue weighted by atomic mass is 9.88. The van der Waals surface area contributed by atoms with Crippen LogP contribution in [-0.4, -0.2) is 55.3 Å². The number of rotatable bonds is 10. The van der Waals surface area contributed by atoms with Gasteiger partial charge < -0.3 is 20.5 Å². The first kappa shape index (κ1) is 23.9. The highest BCUT2D eigenvalue weighted by Crippen LogP contribution is 2.27. The molecule has 0 radical (unpaired) electrons. The summed E-state index contributed by atoms with van der Waals surface area (Å²) in [4.78, 5) is 33.6. The number of nitrogens with two attached hydrogens (primary N) is 1. The number of hydroxylamine groups is 1. The van der Waals surface area contributed by atoms with E-state index < -0.39 is 24.2 Å². The maximum Gasteiger partial charge on any atom is 0.333 e. The Morgan fingerprint density at radius 2 is 1.93 bits per heavy atom. The zero-order chi connectivity index (χ0) is 21.1. The van der Waals surface area contributed by atoms with Crippen molar-refractivity contribution in [1.29, 1.82) is 0 Å². The summed E-state index contributed by atoms with van der Waals surface area (Å²) in [6.45, 7) is 9.72. The third kappa shape index (κ3) is 7.47. The van der Waals surface area contributed by atoms with Gasteiger partial charge in [0.2, 0.25) is 11.9 Å². The SMILES string of the molecule is CCONC(N)=NC1CC(C(=O)OCC)=CC(OC(CC)CC)C1NC(C)=O. The van der Waals surface area contributed by atoms with Crippen molar-refractivity contribution in [2.24, 2.45) is 10.7 Å². The fourth-order valence-electron chi connectivity index (χ4n) is 3.03. The summed E-state index contributed by atoms with van der Waals surface area (Å²) in [5.41, 5.74) is 8.88. The summed E-state index contributed by atoms with van der Waals surface area (Å²) in [5.74, 6) is -0.570. The van der Waals surface area contributed by atoms with Crippen LogP contribution < -0.4 is 16.5 Å². The lowest BCUT2D eigenvalue weighted by Crippen LogP contribution is -2.54. The number of hydrogen-bond acceptors (Lipinski definition) is 6. The van der Waals surface area contributed by atoms with E-state index in [1.54, 1.807) is 13.0 Å². The predicted octanol–water partition coefficient (Wildman–Crippen LogP) is 1.18. The van der Waals surface area contributed by atoms with Crippen molar-refractivity contribution in [1.82, 2.24) is 10.8 Å². The number of carbonyl (C=O) groups is 2. The third-order valence-corrected chi connectivity index (χ3v) is 4.36. The molecule has 0 saturated carbocycles. The van der Waals surface area contributed by atoms with E-state index in [0.717, 1.165) is 12.8 Å². The Labute approximate surface area is 167 Å². The number of amides is 1. The molecular weight excluding hydrogens is 364 g/mol. The van der Waals surface area contributed by atoms with E-state index >= 15 is 0 Å². The monoisotopic (exact) mass is 398 g/mol. The fourth-order valence-corrected chi connectivity index (χ4v) is 3.03. The first-order chi connectivity index (χ1) is 13.4. The molecule has 1 aliphatic carbocycles. The standard InChI is InChI=1S/C19H34N4O5/c1-6-14(7-2)28-16-11-13(18(25)26-8-3)10-15(17(16)21-12(5)24)22-19(20)23-27-9-4/h11,14-17H,6-10H2,1-5H3,(H,21,24)(H3,20,22,23). The lowest BCUT2D eigenvalue weighted by molar-refractivity contribution is -0.139. The maximum atomic E-state index is 12.3. The van der Waals surface area contributed by atoms with Crippen LogP contribution in [0.2, 0.25) is 0 Å². The molecule has 0 spiro atoms. The van der Waals surface area contributed by atoms with E-state index in [2.05, 4.69) is 15.8 Å². The minimum absolute atomic E-state index is 0.0115. The van der Waals surface area contributed by atoms with Gasteiger partial charge >= 0.3 is 5.97 Å². The van der Waals surface area contributed by atoms with Gasteiger partial charge in [0.25, 0.3) is 0 Å². The summed E-state index contributed by atoms with van der Waals surface area (Å²) in [6.07, 6.45) is 3.07. The average Bonchev–Trinajstić information content (AvgIpc) is 2.66. The van der Waals surface area contributed by atoms with Gasteiger partial charge in [0.15, 0.2) is 0 Å². The van der Waals surface area contributed by atoms with Gasteiger partial charge in [-0.2, -0.15) is 0 Å². The highest BCUT2D eigenvalue weighted by molar-refractivity contribution is 5.89. The number of hydrogen-bond donors (Lipinski definition) is 3. The second kappa shape index (κ2) is 12.4. The number of aliphatic imine (C=N–C) groups is 1. The predicted molar refractivity (Wildman–Crippen MR) is 106 cm³/mol. The van der Waals surface area contributed by atoms with Gasteiger partial charge in [-0.1, -0.05) is 13.8 Å². The van der Waals surface area contributed by atoms with Gasteiger partial charge in [-0.25, -0.2) is 15.3 Å². The van der Waals surface area contributed by atoms with Crippen molar-refractivity contribution in [3.8, 4) is 0 Å². The number of esters is 1. The van der Waals surface area contributed by atoms with Crippen molar-refractivity contribution in [2.45, 2.75) is 78.2 Å². The second-order valence-corrected chi connectivity index (χ2v) is 6.50. The van der Waals surface area contributed by atoms with Gasteiger partial charge in [-0.15, -0.1) is 0 Å². The number of guanidine groups is 1. The van der Waals surface area contributed by atoms with Crippen molar-refractivity contribution in [3.63, 3.8) is 0 Å². The minimum Gasteiger partial charge on any atom is -0.463 e. The third-order valence-electron chi connectivity index (χ3n) is 4.36. The number of nitrogens with one attached hydrogen (secondary N) is 2. The smallest absolute Gasteiger partial charge is 0.333 e. The maximum absolute atomic E-state index is 12.3. The van der Waals surface area contributed by atoms with E-state index in [1.807, 2.05) is 20.8 Å². The van der Waals surface area contributed by atoms with Crippen LogP contribution in [0, 0.1) is 0 Å². The average molecular weight is 399 g/mol. The molecule has 0 aromatic rings.